The van der Waals surface area contributed by atoms with E-state index >= 15 is 0 Å². The fourth-order valence-corrected chi connectivity index (χ4v) is 3.04. The van der Waals surface area contributed by atoms with E-state index < -0.39 is 34.9 Å². The Balaban J connectivity index is 1.93. The predicted octanol–water partition coefficient (Wildman–Crippen LogP) is 6.00. The van der Waals surface area contributed by atoms with Gasteiger partial charge in [0.1, 0.15) is 0 Å². The number of hydrogen-bond acceptors (Lipinski definition) is 5. The van der Waals surface area contributed by atoms with Gasteiger partial charge in [-0.3, -0.25) is 0 Å². The molecule has 0 fully saturated rings. The second kappa shape index (κ2) is 6.89. The predicted molar refractivity (Wildman–Crippen MR) is 90.6 cm³/mol. The molecule has 0 aliphatic heterocycles. The summed E-state index contributed by atoms with van der Waals surface area (Å²) in [6.07, 6.45) is -9.90. The second-order valence-electron chi connectivity index (χ2n) is 5.66. The summed E-state index contributed by atoms with van der Waals surface area (Å²) in [7, 11) is 0. The van der Waals surface area contributed by atoms with Crippen molar-refractivity contribution in [3.05, 3.63) is 52.9 Å². The zero-order valence-electron chi connectivity index (χ0n) is 13.6. The zero-order chi connectivity index (χ0) is 20.7. The number of anilines is 2. The summed E-state index contributed by atoms with van der Waals surface area (Å²) in [6.45, 7) is 0. The molecular formula is C17H10F6N2O2S. The number of aromatic nitrogens is 1. The SMILES string of the molecule is Oc1ccc(-c2csc(Nc3cc(C(F)(F)F)cc(C(F)(F)F)c3)n2)cc1O. The average Bonchev–Trinajstić information content (AvgIpc) is 3.04. The minimum absolute atomic E-state index is 0.0394. The number of phenols is 2. The molecule has 28 heavy (non-hydrogen) atoms. The van der Waals surface area contributed by atoms with E-state index in [2.05, 4.69) is 10.3 Å². The molecule has 3 rings (SSSR count). The highest BCUT2D eigenvalue weighted by Crippen LogP contribution is 2.39. The standard InChI is InChI=1S/C17H10F6N2O2S/c18-16(19,20)9-4-10(17(21,22)23)6-11(5-9)24-15-25-12(7-28-15)8-1-2-13(26)14(27)3-8/h1-7,26-27H,(H,24,25). The molecule has 4 nitrogen and oxygen atoms in total. The highest BCUT2D eigenvalue weighted by Gasteiger charge is 2.37. The molecule has 0 amide bonds. The van der Waals surface area contributed by atoms with E-state index in [1.165, 1.54) is 23.6 Å². The first-order valence-electron chi connectivity index (χ1n) is 7.48. The summed E-state index contributed by atoms with van der Waals surface area (Å²) in [5, 5.41) is 22.8. The highest BCUT2D eigenvalue weighted by atomic mass is 32.1. The fourth-order valence-electron chi connectivity index (χ4n) is 2.30. The van der Waals surface area contributed by atoms with Gasteiger partial charge in [-0.1, -0.05) is 0 Å². The number of hydrogen-bond donors (Lipinski definition) is 3. The first-order chi connectivity index (χ1) is 12.9. The van der Waals surface area contributed by atoms with Crippen molar-refractivity contribution in [2.75, 3.05) is 5.32 Å². The molecule has 0 aliphatic carbocycles. The van der Waals surface area contributed by atoms with Gasteiger partial charge in [0.2, 0.25) is 0 Å². The second-order valence-corrected chi connectivity index (χ2v) is 6.52. The number of rotatable bonds is 3. The number of alkyl halides is 6. The molecule has 1 heterocycles. The number of phenolic OH excluding ortho intramolecular Hbond substituents is 2. The number of halogens is 6. The molecule has 0 spiro atoms. The lowest BCUT2D eigenvalue weighted by molar-refractivity contribution is -0.143. The van der Waals surface area contributed by atoms with Crippen LogP contribution in [0.5, 0.6) is 11.5 Å². The lowest BCUT2D eigenvalue weighted by Gasteiger charge is -2.14. The quantitative estimate of drug-likeness (QED) is 0.359. The molecule has 0 saturated heterocycles. The Labute approximate surface area is 157 Å². The van der Waals surface area contributed by atoms with Crippen molar-refractivity contribution < 1.29 is 36.6 Å². The molecule has 3 N–H and O–H groups in total. The smallest absolute Gasteiger partial charge is 0.416 e. The number of aromatic hydroxyl groups is 2. The summed E-state index contributed by atoms with van der Waals surface area (Å²) in [6, 6.07) is 5.04. The largest absolute Gasteiger partial charge is 0.504 e. The summed E-state index contributed by atoms with van der Waals surface area (Å²) in [5.41, 5.74) is -2.59. The molecule has 1 aromatic heterocycles. The average molecular weight is 420 g/mol. The van der Waals surface area contributed by atoms with Crippen LogP contribution in [0, 0.1) is 0 Å². The Morgan fingerprint density at radius 1 is 0.821 bits per heavy atom. The van der Waals surface area contributed by atoms with E-state index in [9.17, 15) is 36.6 Å². The van der Waals surface area contributed by atoms with Gasteiger partial charge in [0.15, 0.2) is 16.6 Å². The van der Waals surface area contributed by atoms with E-state index in [0.717, 1.165) is 11.3 Å². The molecule has 0 atom stereocenters. The molecule has 11 heteroatoms. The maximum Gasteiger partial charge on any atom is 0.416 e. The van der Waals surface area contributed by atoms with E-state index in [4.69, 9.17) is 0 Å². The van der Waals surface area contributed by atoms with Gasteiger partial charge in [-0.15, -0.1) is 11.3 Å². The van der Waals surface area contributed by atoms with Crippen LogP contribution in [0.15, 0.2) is 41.8 Å². The zero-order valence-corrected chi connectivity index (χ0v) is 14.4. The van der Waals surface area contributed by atoms with Crippen molar-refractivity contribution in [2.24, 2.45) is 0 Å². The van der Waals surface area contributed by atoms with Gasteiger partial charge in [0, 0.05) is 16.6 Å². The van der Waals surface area contributed by atoms with Gasteiger partial charge in [-0.05, 0) is 36.4 Å². The van der Waals surface area contributed by atoms with Crippen molar-refractivity contribution in [1.82, 2.24) is 4.98 Å². The molecule has 2 aromatic carbocycles. The van der Waals surface area contributed by atoms with Gasteiger partial charge in [-0.25, -0.2) is 4.98 Å². The molecular weight excluding hydrogens is 410 g/mol. The van der Waals surface area contributed by atoms with E-state index in [0.29, 0.717) is 23.4 Å². The van der Waals surface area contributed by atoms with Crippen LogP contribution < -0.4 is 5.32 Å². The molecule has 0 radical (unpaired) electrons. The topological polar surface area (TPSA) is 65.4 Å². The number of nitrogens with zero attached hydrogens (tertiary/aromatic N) is 1. The summed E-state index contributed by atoms with van der Waals surface area (Å²) >= 11 is 0.947. The third kappa shape index (κ3) is 4.30. The van der Waals surface area contributed by atoms with Crippen molar-refractivity contribution in [1.29, 1.82) is 0 Å². The normalized spacial score (nSPS) is 12.2. The molecule has 148 valence electrons. The van der Waals surface area contributed by atoms with Crippen LogP contribution in [0.25, 0.3) is 11.3 Å². The van der Waals surface area contributed by atoms with Gasteiger partial charge >= 0.3 is 12.4 Å². The Hall–Kier alpha value is -2.95. The first kappa shape index (κ1) is 19.8. The van der Waals surface area contributed by atoms with Crippen molar-refractivity contribution in [3.8, 4) is 22.8 Å². The number of thiazole rings is 1. The van der Waals surface area contributed by atoms with Crippen LogP contribution in [-0.4, -0.2) is 15.2 Å². The van der Waals surface area contributed by atoms with Gasteiger partial charge in [0.25, 0.3) is 0 Å². The van der Waals surface area contributed by atoms with Gasteiger partial charge < -0.3 is 15.5 Å². The first-order valence-corrected chi connectivity index (χ1v) is 8.36. The van der Waals surface area contributed by atoms with Crippen LogP contribution in [0.2, 0.25) is 0 Å². The van der Waals surface area contributed by atoms with Crippen LogP contribution in [0.1, 0.15) is 11.1 Å². The third-order valence-electron chi connectivity index (χ3n) is 3.61. The van der Waals surface area contributed by atoms with E-state index in [1.807, 2.05) is 0 Å². The summed E-state index contributed by atoms with van der Waals surface area (Å²) in [5.74, 6) is -0.742. The summed E-state index contributed by atoms with van der Waals surface area (Å²) < 4.78 is 77.5. The minimum Gasteiger partial charge on any atom is -0.504 e. The Morgan fingerprint density at radius 2 is 1.43 bits per heavy atom. The van der Waals surface area contributed by atoms with Crippen LogP contribution in [0.3, 0.4) is 0 Å². The fraction of sp³-hybridized carbons (Fsp3) is 0.118. The van der Waals surface area contributed by atoms with Crippen LogP contribution in [0.4, 0.5) is 37.2 Å². The Bertz CT molecular complexity index is 981. The Kier molecular flexibility index (Phi) is 4.88. The van der Waals surface area contributed by atoms with Gasteiger partial charge in [0.05, 0.1) is 16.8 Å². The molecule has 0 aliphatic rings. The van der Waals surface area contributed by atoms with Crippen LogP contribution in [-0.2, 0) is 12.4 Å². The molecule has 0 unspecified atom stereocenters. The maximum atomic E-state index is 12.9. The lowest BCUT2D eigenvalue weighted by atomic mass is 10.1. The van der Waals surface area contributed by atoms with Crippen LogP contribution >= 0.6 is 11.3 Å². The highest BCUT2D eigenvalue weighted by molar-refractivity contribution is 7.14. The summed E-state index contributed by atoms with van der Waals surface area (Å²) in [4.78, 5) is 4.08. The van der Waals surface area contributed by atoms with Crippen molar-refractivity contribution >= 4 is 22.2 Å². The van der Waals surface area contributed by atoms with Gasteiger partial charge in [-0.2, -0.15) is 26.3 Å². The monoisotopic (exact) mass is 420 g/mol. The van der Waals surface area contributed by atoms with E-state index in [1.54, 1.807) is 0 Å². The van der Waals surface area contributed by atoms with Crippen molar-refractivity contribution in [2.45, 2.75) is 12.4 Å². The third-order valence-corrected chi connectivity index (χ3v) is 4.37. The Morgan fingerprint density at radius 3 is 1.96 bits per heavy atom. The maximum absolute atomic E-state index is 12.9. The number of nitrogens with one attached hydrogen (secondary N) is 1. The number of benzene rings is 2. The van der Waals surface area contributed by atoms with Crippen molar-refractivity contribution in [3.63, 3.8) is 0 Å². The molecule has 3 aromatic rings. The molecule has 0 bridgehead atoms. The minimum atomic E-state index is -4.95. The van der Waals surface area contributed by atoms with E-state index in [-0.39, 0.29) is 16.9 Å². The lowest BCUT2D eigenvalue weighted by Crippen LogP contribution is -2.11. The molecule has 0 saturated carbocycles.